The van der Waals surface area contributed by atoms with Gasteiger partial charge in [-0.1, -0.05) is 90.5 Å². The van der Waals surface area contributed by atoms with Crippen molar-refractivity contribution < 1.29 is 19.5 Å². The summed E-state index contributed by atoms with van der Waals surface area (Å²) >= 11 is 0. The number of ketones is 1. The van der Waals surface area contributed by atoms with Crippen LogP contribution in [0.3, 0.4) is 0 Å². The van der Waals surface area contributed by atoms with Crippen LogP contribution >= 0.6 is 0 Å². The number of aryl methyl sites for hydroxylation is 1. The topological polar surface area (TPSA) is 86.7 Å². The van der Waals surface area contributed by atoms with Crippen LogP contribution in [-0.2, 0) is 15.2 Å². The van der Waals surface area contributed by atoms with Crippen LogP contribution in [0.5, 0.6) is 0 Å². The maximum Gasteiger partial charge on any atom is 0.267 e. The molecule has 2 N–H and O–H groups in total. The van der Waals surface area contributed by atoms with Gasteiger partial charge >= 0.3 is 0 Å². The third-order valence-corrected chi connectivity index (χ3v) is 6.34. The molecule has 0 saturated carbocycles. The fourth-order valence-corrected chi connectivity index (χ4v) is 4.40. The summed E-state index contributed by atoms with van der Waals surface area (Å²) in [5.41, 5.74) is 0.362. The first-order valence-electron chi connectivity index (χ1n) is 11.4. The number of nitrogens with one attached hydrogen (secondary N) is 1. The van der Waals surface area contributed by atoms with E-state index in [0.717, 1.165) is 12.0 Å². The van der Waals surface area contributed by atoms with Crippen molar-refractivity contribution in [1.29, 1.82) is 0 Å². The van der Waals surface area contributed by atoms with Gasteiger partial charge in [-0.15, -0.1) is 0 Å². The van der Waals surface area contributed by atoms with Crippen molar-refractivity contribution in [2.45, 2.75) is 31.4 Å². The van der Waals surface area contributed by atoms with Crippen molar-refractivity contribution >= 4 is 17.6 Å². The minimum Gasteiger partial charge on any atom is -0.372 e. The van der Waals surface area contributed by atoms with Gasteiger partial charge < -0.3 is 5.11 Å². The number of aliphatic hydroxyl groups is 1. The molecule has 1 fully saturated rings. The summed E-state index contributed by atoms with van der Waals surface area (Å²) < 4.78 is 0. The van der Waals surface area contributed by atoms with Crippen LogP contribution in [-0.4, -0.2) is 46.7 Å². The minimum absolute atomic E-state index is 0.0731. The zero-order valence-electron chi connectivity index (χ0n) is 19.1. The molecule has 0 aliphatic carbocycles. The molecule has 1 atom stereocenters. The number of rotatable bonds is 7. The quantitative estimate of drug-likeness (QED) is 0.533. The average Bonchev–Trinajstić information content (AvgIpc) is 3.33. The van der Waals surface area contributed by atoms with Crippen LogP contribution in [0.2, 0.25) is 0 Å². The van der Waals surface area contributed by atoms with Gasteiger partial charge in [-0.3, -0.25) is 24.6 Å². The van der Waals surface area contributed by atoms with Gasteiger partial charge in [-0.05, 0) is 37.4 Å². The van der Waals surface area contributed by atoms with E-state index >= 15 is 0 Å². The summed E-state index contributed by atoms with van der Waals surface area (Å²) in [6, 6.07) is 23.8. The second kappa shape index (κ2) is 10.1. The summed E-state index contributed by atoms with van der Waals surface area (Å²) in [6.45, 7) is 2.64. The lowest BCUT2D eigenvalue weighted by atomic mass is 9.85. The molecule has 1 heterocycles. The third-order valence-electron chi connectivity index (χ3n) is 6.34. The highest BCUT2D eigenvalue weighted by molar-refractivity contribution is 6.04. The number of hydrogen-bond donors (Lipinski definition) is 2. The molecule has 0 radical (unpaired) electrons. The van der Waals surface area contributed by atoms with Gasteiger partial charge in [0.15, 0.2) is 11.4 Å². The highest BCUT2D eigenvalue weighted by atomic mass is 16.3. The van der Waals surface area contributed by atoms with E-state index in [2.05, 4.69) is 5.32 Å². The normalized spacial score (nSPS) is 16.2. The molecule has 1 saturated heterocycles. The lowest BCUT2D eigenvalue weighted by molar-refractivity contribution is -0.142. The summed E-state index contributed by atoms with van der Waals surface area (Å²) in [7, 11) is 0. The van der Waals surface area contributed by atoms with E-state index in [1.165, 1.54) is 0 Å². The Balaban J connectivity index is 1.51. The van der Waals surface area contributed by atoms with Gasteiger partial charge in [0, 0.05) is 5.56 Å². The van der Waals surface area contributed by atoms with Crippen molar-refractivity contribution in [3.63, 3.8) is 0 Å². The maximum atomic E-state index is 13.3. The first kappa shape index (κ1) is 23.5. The van der Waals surface area contributed by atoms with Gasteiger partial charge in [0.1, 0.15) is 0 Å². The number of imide groups is 1. The Labute approximate surface area is 199 Å². The second-order valence-electron chi connectivity index (χ2n) is 8.68. The Bertz CT molecular complexity index is 1120. The van der Waals surface area contributed by atoms with Gasteiger partial charge in [0.25, 0.3) is 5.91 Å². The number of hydrogen-bond acceptors (Lipinski definition) is 5. The van der Waals surface area contributed by atoms with Crippen molar-refractivity contribution in [3.8, 4) is 0 Å². The molecular weight excluding hydrogens is 428 g/mol. The zero-order chi connectivity index (χ0) is 24.1. The first-order valence-corrected chi connectivity index (χ1v) is 11.4. The minimum atomic E-state index is -2.03. The van der Waals surface area contributed by atoms with E-state index in [4.69, 9.17) is 0 Å². The number of carbonyl (C=O) groups excluding carboxylic acids is 3. The van der Waals surface area contributed by atoms with Crippen molar-refractivity contribution in [2.75, 3.05) is 13.1 Å². The molecule has 1 aliphatic rings. The molecule has 4 rings (SSSR count). The molecular formula is C28H28N2O4. The Kier molecular flexibility index (Phi) is 7.01. The van der Waals surface area contributed by atoms with Crippen molar-refractivity contribution in [3.05, 3.63) is 107 Å². The lowest BCUT2D eigenvalue weighted by Crippen LogP contribution is -2.53. The molecule has 2 amide bonds. The van der Waals surface area contributed by atoms with Crippen LogP contribution in [0.1, 0.15) is 39.9 Å². The number of carbonyl (C=O) groups is 3. The summed E-state index contributed by atoms with van der Waals surface area (Å²) in [6.07, 6.45) is 1.28. The largest absolute Gasteiger partial charge is 0.372 e. The van der Waals surface area contributed by atoms with Crippen molar-refractivity contribution in [1.82, 2.24) is 10.2 Å². The van der Waals surface area contributed by atoms with E-state index in [-0.39, 0.29) is 12.3 Å². The number of likely N-dealkylation sites (tertiary alicyclic amines) is 1. The second-order valence-corrected chi connectivity index (χ2v) is 8.68. The lowest BCUT2D eigenvalue weighted by Gasteiger charge is -2.29. The van der Waals surface area contributed by atoms with E-state index in [1.807, 2.05) is 19.1 Å². The van der Waals surface area contributed by atoms with Crippen LogP contribution in [0.4, 0.5) is 0 Å². The number of benzene rings is 3. The van der Waals surface area contributed by atoms with Gasteiger partial charge in [-0.25, -0.2) is 0 Å². The maximum absolute atomic E-state index is 13.3. The molecule has 0 bridgehead atoms. The smallest absolute Gasteiger partial charge is 0.267 e. The Hall–Kier alpha value is -3.61. The van der Waals surface area contributed by atoms with E-state index in [0.29, 0.717) is 29.7 Å². The first-order chi connectivity index (χ1) is 16.4. The summed E-state index contributed by atoms with van der Waals surface area (Å²) in [5.74, 6) is -1.40. The molecule has 1 aliphatic heterocycles. The highest BCUT2D eigenvalue weighted by Gasteiger charge is 2.42. The highest BCUT2D eigenvalue weighted by Crippen LogP contribution is 2.30. The Morgan fingerprint density at radius 1 is 0.912 bits per heavy atom. The average molecular weight is 457 g/mol. The number of Topliss-reactive ketones (excluding diaryl/α,β-unsaturated/α-hetero) is 1. The predicted octanol–water partition coefficient (Wildman–Crippen LogP) is 3.22. The molecule has 0 spiro atoms. The van der Waals surface area contributed by atoms with Crippen molar-refractivity contribution in [2.24, 2.45) is 0 Å². The van der Waals surface area contributed by atoms with Crippen LogP contribution in [0.15, 0.2) is 84.9 Å². The molecule has 0 unspecified atom stereocenters. The summed E-state index contributed by atoms with van der Waals surface area (Å²) in [4.78, 5) is 41.0. The Morgan fingerprint density at radius 2 is 1.47 bits per heavy atom. The monoisotopic (exact) mass is 456 g/mol. The molecule has 174 valence electrons. The molecule has 0 aromatic heterocycles. The predicted molar refractivity (Wildman–Crippen MR) is 129 cm³/mol. The van der Waals surface area contributed by atoms with Crippen LogP contribution < -0.4 is 5.32 Å². The third kappa shape index (κ3) is 4.83. The number of nitrogens with zero attached hydrogens (tertiary/aromatic N) is 1. The molecule has 3 aromatic carbocycles. The standard InChI is InChI=1S/C28H28N2O4/c1-20-14-16-21(17-15-20)25(31)19-30-18-8-13-24(30)26(32)29-27(33)28(34,22-9-4-2-5-10-22)23-11-6-3-7-12-23/h2-7,9-12,14-17,24,34H,8,13,18-19H2,1H3,(H,29,32,33)/t24-/m0/s1. The molecule has 34 heavy (non-hydrogen) atoms. The van der Waals surface area contributed by atoms with Gasteiger partial charge in [0.2, 0.25) is 5.91 Å². The molecule has 6 nitrogen and oxygen atoms in total. The van der Waals surface area contributed by atoms with Crippen LogP contribution in [0.25, 0.3) is 0 Å². The van der Waals surface area contributed by atoms with E-state index in [9.17, 15) is 19.5 Å². The van der Waals surface area contributed by atoms with E-state index < -0.39 is 23.5 Å². The van der Waals surface area contributed by atoms with Crippen LogP contribution in [0, 0.1) is 6.92 Å². The van der Waals surface area contributed by atoms with Gasteiger partial charge in [0.05, 0.1) is 12.6 Å². The van der Waals surface area contributed by atoms with Gasteiger partial charge in [-0.2, -0.15) is 0 Å². The Morgan fingerprint density at radius 3 is 2.03 bits per heavy atom. The fraction of sp³-hybridized carbons (Fsp3) is 0.250. The number of amides is 2. The van der Waals surface area contributed by atoms with E-state index in [1.54, 1.807) is 77.7 Å². The zero-order valence-corrected chi connectivity index (χ0v) is 19.1. The molecule has 3 aromatic rings. The SMILES string of the molecule is Cc1ccc(C(=O)CN2CCC[C@H]2C(=O)NC(=O)C(O)(c2ccccc2)c2ccccc2)cc1. The molecule has 6 heteroatoms. The summed E-state index contributed by atoms with van der Waals surface area (Å²) in [5, 5.41) is 14.0. The fourth-order valence-electron chi connectivity index (χ4n) is 4.40.